The van der Waals surface area contributed by atoms with E-state index in [1.807, 2.05) is 19.1 Å². The maximum absolute atomic E-state index is 12.2. The van der Waals surface area contributed by atoms with E-state index >= 15 is 0 Å². The van der Waals surface area contributed by atoms with Gasteiger partial charge in [-0.15, -0.1) is 0 Å². The van der Waals surface area contributed by atoms with Gasteiger partial charge in [0.2, 0.25) is 5.88 Å². The van der Waals surface area contributed by atoms with Crippen molar-refractivity contribution < 1.29 is 14.3 Å². The lowest BCUT2D eigenvalue weighted by Gasteiger charge is -2.53. The second-order valence-corrected chi connectivity index (χ2v) is 7.40. The zero-order valence-corrected chi connectivity index (χ0v) is 15.8. The molecule has 0 fully saturated rings. The van der Waals surface area contributed by atoms with Gasteiger partial charge in [0.05, 0.1) is 25.5 Å². The molecule has 1 heterocycles. The van der Waals surface area contributed by atoms with E-state index in [0.717, 1.165) is 11.3 Å². The fourth-order valence-electron chi connectivity index (χ4n) is 4.44. The monoisotopic (exact) mass is 342 g/mol. The van der Waals surface area contributed by atoms with Crippen molar-refractivity contribution in [3.05, 3.63) is 46.7 Å². The molecule has 0 spiro atoms. The van der Waals surface area contributed by atoms with Crippen LogP contribution in [0.2, 0.25) is 0 Å². The normalized spacial score (nSPS) is 28.0. The first-order valence-corrected chi connectivity index (χ1v) is 8.56. The maximum Gasteiger partial charge on any atom is 0.407 e. The van der Waals surface area contributed by atoms with Crippen molar-refractivity contribution in [3.8, 4) is 5.88 Å². The van der Waals surface area contributed by atoms with Crippen molar-refractivity contribution in [1.29, 1.82) is 0 Å². The summed E-state index contributed by atoms with van der Waals surface area (Å²) in [4.78, 5) is 17.0. The lowest BCUT2D eigenvalue weighted by Crippen LogP contribution is -2.57. The van der Waals surface area contributed by atoms with E-state index in [1.165, 1.54) is 18.3 Å². The minimum Gasteiger partial charge on any atom is -0.481 e. The summed E-state index contributed by atoms with van der Waals surface area (Å²) in [5.74, 6) is 0.734. The number of aromatic nitrogens is 1. The summed E-state index contributed by atoms with van der Waals surface area (Å²) in [6.45, 7) is 8.54. The van der Waals surface area contributed by atoms with Crippen molar-refractivity contribution in [2.24, 2.45) is 5.92 Å². The Bertz CT molecular complexity index is 779. The molecule has 0 radical (unpaired) electrons. The molecule has 2 aliphatic rings. The highest BCUT2D eigenvalue weighted by atomic mass is 16.5. The number of pyridine rings is 1. The van der Waals surface area contributed by atoms with E-state index in [1.54, 1.807) is 7.11 Å². The van der Waals surface area contributed by atoms with Crippen LogP contribution in [-0.2, 0) is 15.7 Å². The van der Waals surface area contributed by atoms with Gasteiger partial charge in [-0.2, -0.15) is 0 Å². The number of hydrogen-bond donors (Lipinski definition) is 1. The van der Waals surface area contributed by atoms with Gasteiger partial charge in [-0.05, 0) is 31.9 Å². The lowest BCUT2D eigenvalue weighted by molar-refractivity contribution is 0.151. The molecule has 2 atom stereocenters. The number of nitrogens with one attached hydrogen (secondary N) is 1. The van der Waals surface area contributed by atoms with Crippen LogP contribution in [0, 0.1) is 5.92 Å². The molecule has 0 saturated heterocycles. The molecule has 1 amide bonds. The van der Waals surface area contributed by atoms with Crippen LogP contribution in [0.25, 0.3) is 0 Å². The van der Waals surface area contributed by atoms with Crippen molar-refractivity contribution in [1.82, 2.24) is 10.3 Å². The zero-order chi connectivity index (χ0) is 18.4. The maximum atomic E-state index is 12.2. The minimum atomic E-state index is -0.629. The second kappa shape index (κ2) is 5.90. The van der Waals surface area contributed by atoms with Gasteiger partial charge in [-0.3, -0.25) is 0 Å². The molecular weight excluding hydrogens is 316 g/mol. The van der Waals surface area contributed by atoms with Crippen LogP contribution in [0.3, 0.4) is 0 Å². The van der Waals surface area contributed by atoms with Crippen LogP contribution in [0.1, 0.15) is 45.4 Å². The van der Waals surface area contributed by atoms with Crippen LogP contribution >= 0.6 is 0 Å². The van der Waals surface area contributed by atoms with E-state index < -0.39 is 11.6 Å². The number of fused-ring (bicyclic) bond motifs is 4. The van der Waals surface area contributed by atoms with E-state index in [9.17, 15) is 4.79 Å². The fraction of sp³-hybridized carbons (Fsp3) is 0.500. The van der Waals surface area contributed by atoms with Crippen molar-refractivity contribution in [3.63, 3.8) is 0 Å². The molecular formula is C20H26N2O3. The summed E-state index contributed by atoms with van der Waals surface area (Å²) in [5.41, 5.74) is 3.57. The van der Waals surface area contributed by atoms with Crippen LogP contribution in [0.4, 0.5) is 4.79 Å². The Morgan fingerprint density at radius 1 is 1.36 bits per heavy atom. The molecule has 25 heavy (non-hydrogen) atoms. The summed E-state index contributed by atoms with van der Waals surface area (Å²) >= 11 is 0. The molecule has 2 aliphatic carbocycles. The van der Waals surface area contributed by atoms with Gasteiger partial charge in [0.25, 0.3) is 0 Å². The van der Waals surface area contributed by atoms with Crippen LogP contribution in [-0.4, -0.2) is 25.3 Å². The summed E-state index contributed by atoms with van der Waals surface area (Å²) in [7, 11) is 3.01. The highest BCUT2D eigenvalue weighted by molar-refractivity contribution is 5.71. The molecule has 1 aromatic rings. The molecule has 1 unspecified atom stereocenters. The van der Waals surface area contributed by atoms with Gasteiger partial charge < -0.3 is 14.8 Å². The third-order valence-corrected chi connectivity index (χ3v) is 5.56. The highest BCUT2D eigenvalue weighted by Gasteiger charge is 2.54. The topological polar surface area (TPSA) is 60.5 Å². The Labute approximate surface area is 149 Å². The molecule has 5 heteroatoms. The van der Waals surface area contributed by atoms with Crippen molar-refractivity contribution in [2.45, 2.75) is 45.1 Å². The molecule has 5 nitrogen and oxygen atoms in total. The first-order chi connectivity index (χ1) is 11.8. The standard InChI is InChI=1S/C20H26N2O3/c1-7-13-15-10-12(2)11-20(13,22-18(23)25-6)14-8-9-16(24-5)21-17(14)19(15,3)4/h7-10,15H,11H2,1-6H3,(H,22,23)/b13-7+/t15?,20-/m0/s1. The number of carbonyl (C=O) groups excluding carboxylic acids is 1. The highest BCUT2D eigenvalue weighted by Crippen LogP contribution is 2.56. The summed E-state index contributed by atoms with van der Waals surface area (Å²) in [5, 5.41) is 3.13. The number of carbonyl (C=O) groups is 1. The van der Waals surface area contributed by atoms with Crippen LogP contribution < -0.4 is 10.1 Å². The third-order valence-electron chi connectivity index (χ3n) is 5.56. The number of hydrogen-bond acceptors (Lipinski definition) is 4. The van der Waals surface area contributed by atoms with Crippen LogP contribution in [0.15, 0.2) is 35.4 Å². The number of amides is 1. The van der Waals surface area contributed by atoms with E-state index in [4.69, 9.17) is 14.5 Å². The Kier molecular flexibility index (Phi) is 4.13. The Balaban J connectivity index is 2.34. The first-order valence-electron chi connectivity index (χ1n) is 8.56. The Morgan fingerprint density at radius 3 is 2.68 bits per heavy atom. The van der Waals surface area contributed by atoms with E-state index in [2.05, 4.69) is 38.2 Å². The van der Waals surface area contributed by atoms with Gasteiger partial charge in [-0.25, -0.2) is 9.78 Å². The number of rotatable bonds is 2. The fourth-order valence-corrected chi connectivity index (χ4v) is 4.44. The minimum absolute atomic E-state index is 0.149. The summed E-state index contributed by atoms with van der Waals surface area (Å²) < 4.78 is 10.3. The second-order valence-electron chi connectivity index (χ2n) is 7.40. The number of alkyl carbamates (subject to hydrolysis) is 1. The number of ether oxygens (including phenoxy) is 2. The predicted octanol–water partition coefficient (Wildman–Crippen LogP) is 3.85. The lowest BCUT2D eigenvalue weighted by atomic mass is 9.54. The van der Waals surface area contributed by atoms with Gasteiger partial charge in [0, 0.05) is 23.0 Å². The molecule has 0 aliphatic heterocycles. The molecule has 134 valence electrons. The predicted molar refractivity (Wildman–Crippen MR) is 96.7 cm³/mol. The van der Waals surface area contributed by atoms with Gasteiger partial charge in [-0.1, -0.05) is 31.6 Å². The largest absolute Gasteiger partial charge is 0.481 e. The molecule has 3 rings (SSSR count). The van der Waals surface area contributed by atoms with E-state index in [0.29, 0.717) is 12.3 Å². The smallest absolute Gasteiger partial charge is 0.407 e. The number of nitrogens with zero attached hydrogens (tertiary/aromatic N) is 1. The molecule has 0 aromatic carbocycles. The molecule has 1 aromatic heterocycles. The van der Waals surface area contributed by atoms with Crippen molar-refractivity contribution >= 4 is 6.09 Å². The molecule has 2 bridgehead atoms. The Morgan fingerprint density at radius 2 is 2.08 bits per heavy atom. The average molecular weight is 342 g/mol. The molecule has 0 saturated carbocycles. The third kappa shape index (κ3) is 2.44. The SMILES string of the molecule is C/C=C1\C2C=C(C)C[C@@]1(NC(=O)OC)c1ccc(OC)nc1C2(C)C. The number of methoxy groups -OCH3 is 2. The van der Waals surface area contributed by atoms with E-state index in [-0.39, 0.29) is 11.3 Å². The number of allylic oxidation sites excluding steroid dienone is 2. The summed E-state index contributed by atoms with van der Waals surface area (Å²) in [6, 6.07) is 3.88. The Hall–Kier alpha value is -2.30. The zero-order valence-electron chi connectivity index (χ0n) is 15.8. The summed E-state index contributed by atoms with van der Waals surface area (Å²) in [6.07, 6.45) is 4.69. The molecule has 1 N–H and O–H groups in total. The van der Waals surface area contributed by atoms with Crippen LogP contribution in [0.5, 0.6) is 5.88 Å². The average Bonchev–Trinajstić information content (AvgIpc) is 2.59. The first kappa shape index (κ1) is 17.5. The van der Waals surface area contributed by atoms with Gasteiger partial charge >= 0.3 is 6.09 Å². The van der Waals surface area contributed by atoms with Crippen molar-refractivity contribution in [2.75, 3.05) is 14.2 Å². The van der Waals surface area contributed by atoms with Gasteiger partial charge in [0.1, 0.15) is 0 Å². The quantitative estimate of drug-likeness (QED) is 0.830. The van der Waals surface area contributed by atoms with Gasteiger partial charge in [0.15, 0.2) is 0 Å².